The van der Waals surface area contributed by atoms with Crippen LogP contribution in [0.1, 0.15) is 11.3 Å². The molecule has 1 aromatic carbocycles. The summed E-state index contributed by atoms with van der Waals surface area (Å²) >= 11 is 0. The number of likely N-dealkylation sites (N-methyl/N-ethyl adjacent to an activating group) is 1. The normalized spacial score (nSPS) is 10.1. The van der Waals surface area contributed by atoms with Gasteiger partial charge < -0.3 is 10.2 Å². The van der Waals surface area contributed by atoms with Gasteiger partial charge in [0.25, 0.3) is 0 Å². The van der Waals surface area contributed by atoms with Crippen molar-refractivity contribution >= 4 is 11.6 Å². The first-order valence-corrected chi connectivity index (χ1v) is 6.58. The Morgan fingerprint density at radius 1 is 1.15 bits per heavy atom. The molecule has 4 heteroatoms. The fourth-order valence-corrected chi connectivity index (χ4v) is 1.77. The number of anilines is 1. The molecule has 1 heterocycles. The molecule has 2 rings (SSSR count). The molecule has 1 amide bonds. The standard InChI is InChI=1S/C16H19N3O/c1-19(2)16(20)11-13-6-8-14(9-7-13)18-12-15-5-3-4-10-17-15/h3-10,18H,11-12H2,1-2H3. The molecule has 0 aliphatic rings. The lowest BCUT2D eigenvalue weighted by atomic mass is 10.1. The highest BCUT2D eigenvalue weighted by Gasteiger charge is 2.05. The summed E-state index contributed by atoms with van der Waals surface area (Å²) in [4.78, 5) is 17.5. The number of carbonyl (C=O) groups is 1. The van der Waals surface area contributed by atoms with Gasteiger partial charge in [-0.1, -0.05) is 18.2 Å². The van der Waals surface area contributed by atoms with Crippen LogP contribution in [0.2, 0.25) is 0 Å². The van der Waals surface area contributed by atoms with Crippen LogP contribution in [0.3, 0.4) is 0 Å². The highest BCUT2D eigenvalue weighted by Crippen LogP contribution is 2.11. The molecule has 20 heavy (non-hydrogen) atoms. The van der Waals surface area contributed by atoms with Crippen molar-refractivity contribution in [3.8, 4) is 0 Å². The van der Waals surface area contributed by atoms with Gasteiger partial charge in [0.05, 0.1) is 18.7 Å². The number of nitrogens with zero attached hydrogens (tertiary/aromatic N) is 2. The van der Waals surface area contributed by atoms with Crippen molar-refractivity contribution in [3.05, 3.63) is 59.9 Å². The second kappa shape index (κ2) is 6.70. The Morgan fingerprint density at radius 3 is 2.50 bits per heavy atom. The van der Waals surface area contributed by atoms with Crippen LogP contribution >= 0.6 is 0 Å². The van der Waals surface area contributed by atoms with Gasteiger partial charge in [-0.3, -0.25) is 9.78 Å². The molecule has 1 N–H and O–H groups in total. The number of benzene rings is 1. The van der Waals surface area contributed by atoms with Crippen molar-refractivity contribution in [3.63, 3.8) is 0 Å². The Kier molecular flexibility index (Phi) is 4.71. The van der Waals surface area contributed by atoms with E-state index in [0.717, 1.165) is 16.9 Å². The quantitative estimate of drug-likeness (QED) is 0.906. The van der Waals surface area contributed by atoms with Crippen LogP contribution in [0.5, 0.6) is 0 Å². The summed E-state index contributed by atoms with van der Waals surface area (Å²) in [5.41, 5.74) is 3.04. The lowest BCUT2D eigenvalue weighted by molar-refractivity contribution is -0.127. The van der Waals surface area contributed by atoms with Crippen LogP contribution in [0.15, 0.2) is 48.7 Å². The average Bonchev–Trinajstić information content (AvgIpc) is 2.47. The first-order chi connectivity index (χ1) is 9.65. The Hall–Kier alpha value is -2.36. The third-order valence-electron chi connectivity index (χ3n) is 3.01. The lowest BCUT2D eigenvalue weighted by Gasteiger charge is -2.11. The lowest BCUT2D eigenvalue weighted by Crippen LogP contribution is -2.23. The third-order valence-corrected chi connectivity index (χ3v) is 3.01. The maximum atomic E-state index is 11.6. The van der Waals surface area contributed by atoms with E-state index in [4.69, 9.17) is 0 Å². The van der Waals surface area contributed by atoms with Crippen molar-refractivity contribution in [2.45, 2.75) is 13.0 Å². The molecule has 0 spiro atoms. The zero-order valence-corrected chi connectivity index (χ0v) is 11.8. The number of hydrogen-bond donors (Lipinski definition) is 1. The highest BCUT2D eigenvalue weighted by atomic mass is 16.2. The third kappa shape index (κ3) is 4.09. The summed E-state index contributed by atoms with van der Waals surface area (Å²) < 4.78 is 0. The molecule has 0 unspecified atom stereocenters. The SMILES string of the molecule is CN(C)C(=O)Cc1ccc(NCc2ccccn2)cc1. The smallest absolute Gasteiger partial charge is 0.226 e. The van der Waals surface area contributed by atoms with Crippen LogP contribution in [-0.2, 0) is 17.8 Å². The molecular weight excluding hydrogens is 250 g/mol. The topological polar surface area (TPSA) is 45.2 Å². The average molecular weight is 269 g/mol. The van der Waals surface area contributed by atoms with E-state index in [1.54, 1.807) is 25.2 Å². The van der Waals surface area contributed by atoms with Crippen LogP contribution in [0.25, 0.3) is 0 Å². The van der Waals surface area contributed by atoms with Crippen molar-refractivity contribution < 1.29 is 4.79 Å². The van der Waals surface area contributed by atoms with Gasteiger partial charge >= 0.3 is 0 Å². The molecule has 0 aliphatic heterocycles. The molecule has 4 nitrogen and oxygen atoms in total. The van der Waals surface area contributed by atoms with Gasteiger partial charge in [-0.25, -0.2) is 0 Å². The summed E-state index contributed by atoms with van der Waals surface area (Å²) in [6.45, 7) is 0.691. The van der Waals surface area contributed by atoms with E-state index in [1.807, 2.05) is 42.5 Å². The van der Waals surface area contributed by atoms with Crippen LogP contribution in [-0.4, -0.2) is 29.9 Å². The maximum Gasteiger partial charge on any atom is 0.226 e. The van der Waals surface area contributed by atoms with Crippen molar-refractivity contribution in [1.29, 1.82) is 0 Å². The van der Waals surface area contributed by atoms with Gasteiger partial charge in [-0.2, -0.15) is 0 Å². The van der Waals surface area contributed by atoms with Crippen LogP contribution in [0, 0.1) is 0 Å². The molecule has 2 aromatic rings. The van der Waals surface area contributed by atoms with E-state index in [0.29, 0.717) is 13.0 Å². The van der Waals surface area contributed by atoms with Gasteiger partial charge in [-0.15, -0.1) is 0 Å². The summed E-state index contributed by atoms with van der Waals surface area (Å²) in [5.74, 6) is 0.110. The minimum Gasteiger partial charge on any atom is -0.379 e. The number of pyridine rings is 1. The van der Waals surface area contributed by atoms with E-state index in [2.05, 4.69) is 10.3 Å². The molecule has 0 atom stereocenters. The zero-order chi connectivity index (χ0) is 14.4. The second-order valence-corrected chi connectivity index (χ2v) is 4.84. The van der Waals surface area contributed by atoms with E-state index < -0.39 is 0 Å². The molecular formula is C16H19N3O. The number of nitrogens with one attached hydrogen (secondary N) is 1. The fourth-order valence-electron chi connectivity index (χ4n) is 1.77. The first-order valence-electron chi connectivity index (χ1n) is 6.58. The molecule has 0 fully saturated rings. The Labute approximate surface area is 119 Å². The largest absolute Gasteiger partial charge is 0.379 e. The van der Waals surface area contributed by atoms with Gasteiger partial charge in [0.15, 0.2) is 0 Å². The number of hydrogen-bond acceptors (Lipinski definition) is 3. The summed E-state index contributed by atoms with van der Waals surface area (Å²) in [5, 5.41) is 3.31. The van der Waals surface area contributed by atoms with E-state index in [1.165, 1.54) is 0 Å². The zero-order valence-electron chi connectivity index (χ0n) is 11.8. The fraction of sp³-hybridized carbons (Fsp3) is 0.250. The number of aromatic nitrogens is 1. The van der Waals surface area contributed by atoms with E-state index in [9.17, 15) is 4.79 Å². The second-order valence-electron chi connectivity index (χ2n) is 4.84. The Morgan fingerprint density at radius 2 is 1.90 bits per heavy atom. The van der Waals surface area contributed by atoms with Gasteiger partial charge in [-0.05, 0) is 29.8 Å². The van der Waals surface area contributed by atoms with Gasteiger partial charge in [0.1, 0.15) is 0 Å². The summed E-state index contributed by atoms with van der Waals surface area (Å²) in [7, 11) is 3.54. The molecule has 104 valence electrons. The van der Waals surface area contributed by atoms with Crippen molar-refractivity contribution in [2.24, 2.45) is 0 Å². The summed E-state index contributed by atoms with van der Waals surface area (Å²) in [6, 6.07) is 13.8. The minimum absolute atomic E-state index is 0.110. The molecule has 0 saturated heterocycles. The monoisotopic (exact) mass is 269 g/mol. The molecule has 0 bridgehead atoms. The highest BCUT2D eigenvalue weighted by molar-refractivity contribution is 5.78. The number of carbonyl (C=O) groups excluding carboxylic acids is 1. The first kappa shape index (κ1) is 14.1. The minimum atomic E-state index is 0.110. The van der Waals surface area contributed by atoms with E-state index >= 15 is 0 Å². The number of amides is 1. The van der Waals surface area contributed by atoms with Crippen LogP contribution in [0.4, 0.5) is 5.69 Å². The predicted octanol–water partition coefficient (Wildman–Crippen LogP) is 2.32. The van der Waals surface area contributed by atoms with Gasteiger partial charge in [0, 0.05) is 26.0 Å². The van der Waals surface area contributed by atoms with Crippen molar-refractivity contribution in [2.75, 3.05) is 19.4 Å². The summed E-state index contributed by atoms with van der Waals surface area (Å²) in [6.07, 6.45) is 2.22. The molecule has 1 aromatic heterocycles. The molecule has 0 saturated carbocycles. The van der Waals surface area contributed by atoms with E-state index in [-0.39, 0.29) is 5.91 Å². The Balaban J connectivity index is 1.90. The predicted molar refractivity (Wildman–Crippen MR) is 80.4 cm³/mol. The maximum absolute atomic E-state index is 11.6. The van der Waals surface area contributed by atoms with Crippen molar-refractivity contribution in [1.82, 2.24) is 9.88 Å². The molecule has 0 aliphatic carbocycles. The van der Waals surface area contributed by atoms with Gasteiger partial charge in [0.2, 0.25) is 5.91 Å². The van der Waals surface area contributed by atoms with Crippen LogP contribution < -0.4 is 5.32 Å². The molecule has 0 radical (unpaired) electrons. The Bertz CT molecular complexity index is 550. The number of rotatable bonds is 5.